The highest BCUT2D eigenvalue weighted by Crippen LogP contribution is 2.19. The highest BCUT2D eigenvalue weighted by atomic mass is 16.5. The Morgan fingerprint density at radius 2 is 2.00 bits per heavy atom. The molecular weight excluding hydrogens is 250 g/mol. The summed E-state index contributed by atoms with van der Waals surface area (Å²) < 4.78 is 4.75. The van der Waals surface area contributed by atoms with E-state index in [1.165, 1.54) is 26.4 Å². The monoisotopic (exact) mass is 275 g/mol. The SMILES string of the molecule is COC(=O)c1ccccc1N=CCCCCCC(C)C. The summed E-state index contributed by atoms with van der Waals surface area (Å²) in [5.41, 5.74) is 1.20. The molecule has 0 bridgehead atoms. The molecule has 0 aromatic heterocycles. The van der Waals surface area contributed by atoms with Gasteiger partial charge in [0.15, 0.2) is 0 Å². The van der Waals surface area contributed by atoms with Crippen LogP contribution in [0.2, 0.25) is 0 Å². The van der Waals surface area contributed by atoms with Gasteiger partial charge in [-0.2, -0.15) is 0 Å². The van der Waals surface area contributed by atoms with Crippen molar-refractivity contribution in [2.45, 2.75) is 46.0 Å². The van der Waals surface area contributed by atoms with E-state index in [9.17, 15) is 4.79 Å². The first kappa shape index (κ1) is 16.4. The molecule has 0 fully saturated rings. The van der Waals surface area contributed by atoms with Crippen LogP contribution in [0.5, 0.6) is 0 Å². The van der Waals surface area contributed by atoms with Crippen LogP contribution in [-0.4, -0.2) is 19.3 Å². The molecule has 0 aliphatic heterocycles. The highest BCUT2D eigenvalue weighted by molar-refractivity contribution is 5.95. The number of carbonyl (C=O) groups excluding carboxylic acids is 1. The van der Waals surface area contributed by atoms with Crippen molar-refractivity contribution in [3.63, 3.8) is 0 Å². The fourth-order valence-electron chi connectivity index (χ4n) is 2.00. The van der Waals surface area contributed by atoms with Crippen molar-refractivity contribution in [3.05, 3.63) is 29.8 Å². The third-order valence-corrected chi connectivity index (χ3v) is 3.15. The summed E-state index contributed by atoms with van der Waals surface area (Å²) in [4.78, 5) is 16.0. The van der Waals surface area contributed by atoms with Gasteiger partial charge < -0.3 is 4.74 Å². The number of para-hydroxylation sites is 1. The molecule has 0 unspecified atom stereocenters. The smallest absolute Gasteiger partial charge is 0.340 e. The standard InChI is InChI=1S/C17H25NO2/c1-14(2)10-6-4-5-9-13-18-16-12-8-7-11-15(16)17(19)20-3/h7-8,11-14H,4-6,9-10H2,1-3H3. The maximum absolute atomic E-state index is 11.6. The van der Waals surface area contributed by atoms with E-state index in [-0.39, 0.29) is 5.97 Å². The number of hydrogen-bond acceptors (Lipinski definition) is 3. The maximum Gasteiger partial charge on any atom is 0.340 e. The summed E-state index contributed by atoms with van der Waals surface area (Å²) in [6.07, 6.45) is 7.82. The van der Waals surface area contributed by atoms with E-state index in [1.54, 1.807) is 6.07 Å². The van der Waals surface area contributed by atoms with Crippen LogP contribution < -0.4 is 0 Å². The van der Waals surface area contributed by atoms with Crippen molar-refractivity contribution in [1.29, 1.82) is 0 Å². The predicted molar refractivity (Wildman–Crippen MR) is 83.9 cm³/mol. The van der Waals surface area contributed by atoms with Crippen LogP contribution >= 0.6 is 0 Å². The van der Waals surface area contributed by atoms with Gasteiger partial charge in [0.25, 0.3) is 0 Å². The van der Waals surface area contributed by atoms with E-state index >= 15 is 0 Å². The molecular formula is C17H25NO2. The lowest BCUT2D eigenvalue weighted by molar-refractivity contribution is 0.0601. The van der Waals surface area contributed by atoms with E-state index < -0.39 is 0 Å². The summed E-state index contributed by atoms with van der Waals surface area (Å²) in [7, 11) is 1.39. The minimum absolute atomic E-state index is 0.338. The lowest BCUT2D eigenvalue weighted by atomic mass is 10.0. The molecule has 110 valence electrons. The van der Waals surface area contributed by atoms with Crippen LogP contribution in [0.15, 0.2) is 29.3 Å². The number of rotatable bonds is 8. The summed E-state index contributed by atoms with van der Waals surface area (Å²) in [5, 5.41) is 0. The van der Waals surface area contributed by atoms with Crippen molar-refractivity contribution in [2.24, 2.45) is 10.9 Å². The first-order valence-corrected chi connectivity index (χ1v) is 7.35. The molecule has 0 spiro atoms. The Kier molecular flexibility index (Phi) is 7.63. The van der Waals surface area contributed by atoms with Gasteiger partial charge in [-0.1, -0.05) is 45.2 Å². The number of hydrogen-bond donors (Lipinski definition) is 0. The molecule has 0 heterocycles. The Morgan fingerprint density at radius 3 is 2.70 bits per heavy atom. The minimum atomic E-state index is -0.338. The fraction of sp³-hybridized carbons (Fsp3) is 0.529. The van der Waals surface area contributed by atoms with Gasteiger partial charge in [0, 0.05) is 6.21 Å². The fourth-order valence-corrected chi connectivity index (χ4v) is 2.00. The normalized spacial score (nSPS) is 11.2. The van der Waals surface area contributed by atoms with Gasteiger partial charge >= 0.3 is 5.97 Å². The molecule has 3 heteroatoms. The van der Waals surface area contributed by atoms with E-state index in [4.69, 9.17) is 4.74 Å². The van der Waals surface area contributed by atoms with Gasteiger partial charge in [0.1, 0.15) is 0 Å². The average Bonchev–Trinajstić information content (AvgIpc) is 2.45. The molecule has 0 saturated heterocycles. The van der Waals surface area contributed by atoms with E-state index in [0.717, 1.165) is 18.8 Å². The second-order valence-corrected chi connectivity index (χ2v) is 5.35. The summed E-state index contributed by atoms with van der Waals surface area (Å²) >= 11 is 0. The van der Waals surface area contributed by atoms with Crippen LogP contribution in [0.4, 0.5) is 5.69 Å². The van der Waals surface area contributed by atoms with Gasteiger partial charge in [-0.05, 0) is 30.9 Å². The number of ether oxygens (including phenoxy) is 1. The largest absolute Gasteiger partial charge is 0.465 e. The van der Waals surface area contributed by atoms with Crippen LogP contribution in [0, 0.1) is 5.92 Å². The van der Waals surface area contributed by atoms with Gasteiger partial charge in [-0.25, -0.2) is 4.79 Å². The van der Waals surface area contributed by atoms with E-state index in [2.05, 4.69) is 18.8 Å². The maximum atomic E-state index is 11.6. The molecule has 1 rings (SSSR count). The van der Waals surface area contributed by atoms with Crippen LogP contribution in [0.1, 0.15) is 56.3 Å². The van der Waals surface area contributed by atoms with Gasteiger partial charge in [-0.3, -0.25) is 4.99 Å². The second kappa shape index (κ2) is 9.29. The van der Waals surface area contributed by atoms with Crippen molar-refractivity contribution < 1.29 is 9.53 Å². The molecule has 0 amide bonds. The quantitative estimate of drug-likeness (QED) is 0.389. The van der Waals surface area contributed by atoms with Crippen molar-refractivity contribution in [3.8, 4) is 0 Å². The molecule has 0 aliphatic carbocycles. The number of esters is 1. The Balaban J connectivity index is 2.40. The predicted octanol–water partition coefficient (Wildman–Crippen LogP) is 4.78. The summed E-state index contributed by atoms with van der Waals surface area (Å²) in [5.74, 6) is 0.449. The van der Waals surface area contributed by atoms with Gasteiger partial charge in [0.2, 0.25) is 0 Å². The third kappa shape index (κ3) is 6.00. The zero-order chi connectivity index (χ0) is 14.8. The molecule has 20 heavy (non-hydrogen) atoms. The zero-order valence-electron chi connectivity index (χ0n) is 12.8. The number of aliphatic imine (C=N–C) groups is 1. The molecule has 0 radical (unpaired) electrons. The molecule has 3 nitrogen and oxygen atoms in total. The number of carbonyl (C=O) groups is 1. The first-order chi connectivity index (χ1) is 9.65. The molecule has 0 saturated carbocycles. The summed E-state index contributed by atoms with van der Waals surface area (Å²) in [6, 6.07) is 7.27. The van der Waals surface area contributed by atoms with Crippen LogP contribution in [0.25, 0.3) is 0 Å². The van der Waals surface area contributed by atoms with Crippen molar-refractivity contribution in [1.82, 2.24) is 0 Å². The Bertz CT molecular complexity index is 438. The van der Waals surface area contributed by atoms with E-state index in [1.807, 2.05) is 24.4 Å². The minimum Gasteiger partial charge on any atom is -0.465 e. The first-order valence-electron chi connectivity index (χ1n) is 7.35. The number of nitrogens with zero attached hydrogens (tertiary/aromatic N) is 1. The highest BCUT2D eigenvalue weighted by Gasteiger charge is 2.09. The number of benzene rings is 1. The van der Waals surface area contributed by atoms with Gasteiger partial charge in [-0.15, -0.1) is 0 Å². The molecule has 0 N–H and O–H groups in total. The van der Waals surface area contributed by atoms with Crippen molar-refractivity contribution >= 4 is 17.9 Å². The molecule has 1 aromatic carbocycles. The topological polar surface area (TPSA) is 38.7 Å². The Morgan fingerprint density at radius 1 is 1.25 bits per heavy atom. The lowest BCUT2D eigenvalue weighted by Gasteiger charge is -2.03. The van der Waals surface area contributed by atoms with Gasteiger partial charge in [0.05, 0.1) is 18.4 Å². The van der Waals surface area contributed by atoms with Crippen LogP contribution in [-0.2, 0) is 4.74 Å². The molecule has 0 aliphatic rings. The zero-order valence-corrected chi connectivity index (χ0v) is 12.8. The van der Waals surface area contributed by atoms with E-state index in [0.29, 0.717) is 11.3 Å². The second-order valence-electron chi connectivity index (χ2n) is 5.35. The number of methoxy groups -OCH3 is 1. The van der Waals surface area contributed by atoms with Crippen molar-refractivity contribution in [2.75, 3.05) is 7.11 Å². The summed E-state index contributed by atoms with van der Waals surface area (Å²) in [6.45, 7) is 4.51. The Hall–Kier alpha value is -1.64. The average molecular weight is 275 g/mol. The molecule has 1 aromatic rings. The lowest BCUT2D eigenvalue weighted by Crippen LogP contribution is -2.01. The van der Waals surface area contributed by atoms with Crippen LogP contribution in [0.3, 0.4) is 0 Å². The third-order valence-electron chi connectivity index (χ3n) is 3.15. The number of unbranched alkanes of at least 4 members (excludes halogenated alkanes) is 3. The Labute approximate surface area is 122 Å². The molecule has 0 atom stereocenters.